The summed E-state index contributed by atoms with van der Waals surface area (Å²) in [6.07, 6.45) is 0.966. The minimum Gasteiger partial charge on any atom is -0.383 e. The van der Waals surface area contributed by atoms with Gasteiger partial charge in [0.15, 0.2) is 0 Å². The molecule has 2 rings (SSSR count). The van der Waals surface area contributed by atoms with Crippen molar-refractivity contribution < 1.29 is 18.9 Å². The van der Waals surface area contributed by atoms with Crippen molar-refractivity contribution in [1.29, 1.82) is 0 Å². The van der Waals surface area contributed by atoms with Crippen LogP contribution in [0.4, 0.5) is 11.8 Å². The summed E-state index contributed by atoms with van der Waals surface area (Å²) < 4.78 is 21.1. The Morgan fingerprint density at radius 2 is 1.30 bits per heavy atom. The lowest BCUT2D eigenvalue weighted by molar-refractivity contribution is 0.189. The van der Waals surface area contributed by atoms with Gasteiger partial charge in [0, 0.05) is 66.8 Å². The Hall–Kier alpha value is -1.13. The molecule has 0 radical (unpaired) electrons. The maximum atomic E-state index is 5.30. The highest BCUT2D eigenvalue weighted by Crippen LogP contribution is 2.38. The Balaban J connectivity index is 2.33. The van der Waals surface area contributed by atoms with E-state index in [4.69, 9.17) is 28.9 Å². The van der Waals surface area contributed by atoms with Gasteiger partial charge in [0.1, 0.15) is 5.82 Å². The van der Waals surface area contributed by atoms with Gasteiger partial charge in [-0.15, -0.1) is 11.8 Å². The van der Waals surface area contributed by atoms with Crippen LogP contribution in [0.3, 0.4) is 0 Å². The van der Waals surface area contributed by atoms with E-state index >= 15 is 0 Å². The monoisotopic (exact) mass is 400 g/mol. The first-order valence-corrected chi connectivity index (χ1v) is 10.2. The summed E-state index contributed by atoms with van der Waals surface area (Å²) in [6, 6.07) is 0. The molecule has 2 heterocycles. The van der Waals surface area contributed by atoms with Crippen LogP contribution in [0.25, 0.3) is 0 Å². The summed E-state index contributed by atoms with van der Waals surface area (Å²) in [5.41, 5.74) is 1.12. The molecular weight excluding hydrogens is 368 g/mol. The molecule has 27 heavy (non-hydrogen) atoms. The van der Waals surface area contributed by atoms with Gasteiger partial charge in [-0.05, 0) is 0 Å². The quantitative estimate of drug-likeness (QED) is 0.460. The molecule has 0 aliphatic carbocycles. The molecule has 154 valence electrons. The van der Waals surface area contributed by atoms with E-state index < -0.39 is 0 Å². The third-order valence-corrected chi connectivity index (χ3v) is 5.45. The fourth-order valence-corrected chi connectivity index (χ4v) is 3.95. The van der Waals surface area contributed by atoms with E-state index in [0.717, 1.165) is 55.8 Å². The van der Waals surface area contributed by atoms with Crippen LogP contribution in [-0.4, -0.2) is 96.8 Å². The van der Waals surface area contributed by atoms with Crippen LogP contribution >= 0.6 is 11.8 Å². The van der Waals surface area contributed by atoms with Gasteiger partial charge in [-0.25, -0.2) is 4.98 Å². The first kappa shape index (κ1) is 22.2. The number of fused-ring (bicyclic) bond motifs is 1. The molecule has 0 atom stereocenters. The summed E-state index contributed by atoms with van der Waals surface area (Å²) in [7, 11) is 6.85. The molecule has 0 saturated carbocycles. The van der Waals surface area contributed by atoms with E-state index in [-0.39, 0.29) is 0 Å². The van der Waals surface area contributed by atoms with Gasteiger partial charge in [-0.1, -0.05) is 0 Å². The Bertz CT molecular complexity index is 548. The van der Waals surface area contributed by atoms with Crippen LogP contribution in [0, 0.1) is 0 Å². The van der Waals surface area contributed by atoms with Gasteiger partial charge < -0.3 is 28.7 Å². The van der Waals surface area contributed by atoms with Gasteiger partial charge >= 0.3 is 0 Å². The van der Waals surface area contributed by atoms with Crippen LogP contribution < -0.4 is 9.80 Å². The van der Waals surface area contributed by atoms with Gasteiger partial charge in [0.05, 0.1) is 37.0 Å². The number of hydrogen-bond acceptors (Lipinski definition) is 9. The third kappa shape index (κ3) is 6.46. The molecule has 0 fully saturated rings. The predicted octanol–water partition coefficient (Wildman–Crippen LogP) is 1.32. The molecule has 0 spiro atoms. The van der Waals surface area contributed by atoms with Gasteiger partial charge in [-0.3, -0.25) is 0 Å². The Labute approximate surface area is 166 Å². The van der Waals surface area contributed by atoms with Crippen LogP contribution in [0.2, 0.25) is 0 Å². The summed E-state index contributed by atoms with van der Waals surface area (Å²) in [4.78, 5) is 15.4. The molecule has 0 unspecified atom stereocenters. The Morgan fingerprint density at radius 3 is 1.81 bits per heavy atom. The average molecular weight is 401 g/mol. The van der Waals surface area contributed by atoms with E-state index in [1.165, 1.54) is 4.90 Å². The highest BCUT2D eigenvalue weighted by atomic mass is 32.2. The van der Waals surface area contributed by atoms with Crippen molar-refractivity contribution in [3.05, 3.63) is 5.69 Å². The summed E-state index contributed by atoms with van der Waals surface area (Å²) in [5, 5.41) is 0. The molecule has 9 heteroatoms. The second-order valence-corrected chi connectivity index (χ2v) is 7.27. The highest BCUT2D eigenvalue weighted by molar-refractivity contribution is 7.99. The Morgan fingerprint density at radius 1 is 0.778 bits per heavy atom. The molecule has 1 aliphatic heterocycles. The van der Waals surface area contributed by atoms with Crippen LogP contribution in [-0.2, 0) is 25.4 Å². The molecule has 0 aromatic carbocycles. The van der Waals surface area contributed by atoms with E-state index in [1.54, 1.807) is 28.4 Å². The van der Waals surface area contributed by atoms with Crippen molar-refractivity contribution in [2.24, 2.45) is 0 Å². The van der Waals surface area contributed by atoms with Crippen LogP contribution in [0.1, 0.15) is 5.69 Å². The van der Waals surface area contributed by atoms with Crippen molar-refractivity contribution in [3.8, 4) is 0 Å². The first-order valence-electron chi connectivity index (χ1n) is 9.24. The number of aryl methyl sites for hydroxylation is 1. The molecule has 0 saturated heterocycles. The van der Waals surface area contributed by atoms with Gasteiger partial charge in [0.2, 0.25) is 5.95 Å². The Kier molecular flexibility index (Phi) is 10.1. The normalized spacial score (nSPS) is 13.0. The molecule has 0 amide bonds. The van der Waals surface area contributed by atoms with Gasteiger partial charge in [0.25, 0.3) is 0 Å². The van der Waals surface area contributed by atoms with E-state index in [0.29, 0.717) is 26.4 Å². The number of ether oxygens (including phenoxy) is 4. The molecule has 8 nitrogen and oxygen atoms in total. The lowest BCUT2D eigenvalue weighted by Gasteiger charge is -2.28. The molecule has 0 bridgehead atoms. The average Bonchev–Trinajstić information content (AvgIpc) is 3.16. The maximum absolute atomic E-state index is 5.30. The van der Waals surface area contributed by atoms with Crippen molar-refractivity contribution in [2.75, 3.05) is 96.6 Å². The topological polar surface area (TPSA) is 69.2 Å². The minimum atomic E-state index is 0.616. The number of rotatable bonds is 14. The van der Waals surface area contributed by atoms with Crippen molar-refractivity contribution in [1.82, 2.24) is 9.97 Å². The van der Waals surface area contributed by atoms with Crippen LogP contribution in [0.15, 0.2) is 4.90 Å². The summed E-state index contributed by atoms with van der Waals surface area (Å²) >= 11 is 1.83. The number of methoxy groups -OCH3 is 4. The zero-order chi connectivity index (χ0) is 19.5. The highest BCUT2D eigenvalue weighted by Gasteiger charge is 2.25. The standard InChI is InChI=1S/C18H32N4O4S/c1-23-10-6-21(7-11-24-2)17-16-15(5-14-27-16)19-18(20-17)22(8-12-25-3)9-13-26-4/h5-14H2,1-4H3. The lowest BCUT2D eigenvalue weighted by atomic mass is 10.3. The van der Waals surface area contributed by atoms with Gasteiger partial charge in [-0.2, -0.15) is 4.98 Å². The van der Waals surface area contributed by atoms with E-state index in [9.17, 15) is 0 Å². The lowest BCUT2D eigenvalue weighted by Crippen LogP contribution is -2.35. The second-order valence-electron chi connectivity index (χ2n) is 6.17. The van der Waals surface area contributed by atoms with Crippen molar-refractivity contribution in [3.63, 3.8) is 0 Å². The zero-order valence-electron chi connectivity index (χ0n) is 16.9. The first-order chi connectivity index (χ1) is 13.2. The molecule has 1 aromatic heterocycles. The van der Waals surface area contributed by atoms with Crippen LogP contribution in [0.5, 0.6) is 0 Å². The van der Waals surface area contributed by atoms with Crippen molar-refractivity contribution >= 4 is 23.5 Å². The fraction of sp³-hybridized carbons (Fsp3) is 0.778. The molecular formula is C18H32N4O4S. The fourth-order valence-electron chi connectivity index (χ4n) is 2.84. The summed E-state index contributed by atoms with van der Waals surface area (Å²) in [5.74, 6) is 2.76. The smallest absolute Gasteiger partial charge is 0.227 e. The van der Waals surface area contributed by atoms with E-state index in [2.05, 4.69) is 9.80 Å². The number of anilines is 2. The zero-order valence-corrected chi connectivity index (χ0v) is 17.7. The SMILES string of the molecule is COCCN(CCOC)c1nc2c(c(N(CCOC)CCOC)n1)SCC2. The number of thioether (sulfide) groups is 1. The number of hydrogen-bond donors (Lipinski definition) is 0. The number of aromatic nitrogens is 2. The number of nitrogens with zero attached hydrogens (tertiary/aromatic N) is 4. The van der Waals surface area contributed by atoms with Crippen molar-refractivity contribution in [2.45, 2.75) is 11.3 Å². The summed E-state index contributed by atoms with van der Waals surface area (Å²) in [6.45, 7) is 5.48. The molecule has 1 aromatic rings. The third-order valence-electron chi connectivity index (χ3n) is 4.34. The van der Waals surface area contributed by atoms with E-state index in [1.807, 2.05) is 11.8 Å². The predicted molar refractivity (Wildman–Crippen MR) is 108 cm³/mol. The molecule has 0 N–H and O–H groups in total. The second kappa shape index (κ2) is 12.4. The maximum Gasteiger partial charge on any atom is 0.227 e. The largest absolute Gasteiger partial charge is 0.383 e. The molecule has 1 aliphatic rings. The minimum absolute atomic E-state index is 0.616.